The molecule has 2 aromatic rings. The first-order chi connectivity index (χ1) is 7.70. The Morgan fingerprint density at radius 2 is 1.75 bits per heavy atom. The molecule has 1 nitrogen and oxygen atoms in total. The van der Waals surface area contributed by atoms with Gasteiger partial charge in [-0.1, -0.05) is 36.4 Å². The maximum absolute atomic E-state index is 13.7. The normalized spacial score (nSPS) is 10.4. The van der Waals surface area contributed by atoms with Crippen LogP contribution in [0.4, 0.5) is 4.39 Å². The van der Waals surface area contributed by atoms with Gasteiger partial charge in [0.2, 0.25) is 0 Å². The van der Waals surface area contributed by atoms with Crippen LogP contribution in [0.5, 0.6) is 0 Å². The highest BCUT2D eigenvalue weighted by Crippen LogP contribution is 2.23. The lowest BCUT2D eigenvalue weighted by atomic mass is 10.0. The molecule has 0 atom stereocenters. The van der Waals surface area contributed by atoms with Crippen molar-refractivity contribution in [3.63, 3.8) is 0 Å². The molecule has 0 radical (unpaired) electrons. The summed E-state index contributed by atoms with van der Waals surface area (Å²) in [7, 11) is 0. The monoisotopic (exact) mass is 216 g/mol. The van der Waals surface area contributed by atoms with Crippen LogP contribution in [0, 0.1) is 12.7 Å². The summed E-state index contributed by atoms with van der Waals surface area (Å²) in [4.78, 5) is 0. The Balaban J connectivity index is 2.42. The number of rotatable bonds is 2. The summed E-state index contributed by atoms with van der Waals surface area (Å²) in [5, 5.41) is 8.92. The summed E-state index contributed by atoms with van der Waals surface area (Å²) in [6, 6.07) is 12.4. The Labute approximate surface area is 94.2 Å². The molecule has 0 aliphatic heterocycles. The van der Waals surface area contributed by atoms with Gasteiger partial charge in [0.1, 0.15) is 5.82 Å². The lowest BCUT2D eigenvalue weighted by Crippen LogP contribution is -1.87. The predicted molar refractivity (Wildman–Crippen MR) is 62.5 cm³/mol. The highest BCUT2D eigenvalue weighted by atomic mass is 19.1. The Morgan fingerprint density at radius 3 is 2.31 bits per heavy atom. The molecule has 0 aromatic heterocycles. The lowest BCUT2D eigenvalue weighted by molar-refractivity contribution is 0.282. The van der Waals surface area contributed by atoms with Crippen molar-refractivity contribution in [1.29, 1.82) is 0 Å². The van der Waals surface area contributed by atoms with Crippen molar-refractivity contribution >= 4 is 0 Å². The standard InChI is InChI=1S/C14H13FO/c1-10-2-7-13(14(15)8-10)12-5-3-11(9-16)4-6-12/h2-8,16H,9H2,1H3. The molecule has 0 aliphatic rings. The fourth-order valence-electron chi connectivity index (χ4n) is 1.64. The van der Waals surface area contributed by atoms with Gasteiger partial charge in [0.25, 0.3) is 0 Å². The lowest BCUT2D eigenvalue weighted by Gasteiger charge is -2.05. The molecule has 0 spiro atoms. The van der Waals surface area contributed by atoms with Crippen molar-refractivity contribution in [3.05, 3.63) is 59.4 Å². The summed E-state index contributed by atoms with van der Waals surface area (Å²) in [6.07, 6.45) is 0. The van der Waals surface area contributed by atoms with E-state index in [2.05, 4.69) is 0 Å². The maximum atomic E-state index is 13.7. The van der Waals surface area contributed by atoms with Crippen LogP contribution in [0.2, 0.25) is 0 Å². The molecule has 0 saturated carbocycles. The van der Waals surface area contributed by atoms with E-state index in [0.717, 1.165) is 16.7 Å². The van der Waals surface area contributed by atoms with Gasteiger partial charge in [-0.05, 0) is 29.7 Å². The van der Waals surface area contributed by atoms with Gasteiger partial charge in [-0.3, -0.25) is 0 Å². The number of aliphatic hydroxyl groups excluding tert-OH is 1. The first-order valence-corrected chi connectivity index (χ1v) is 5.17. The van der Waals surface area contributed by atoms with Crippen LogP contribution >= 0.6 is 0 Å². The minimum absolute atomic E-state index is 0.0106. The minimum atomic E-state index is -0.211. The van der Waals surface area contributed by atoms with Crippen molar-refractivity contribution in [2.24, 2.45) is 0 Å². The summed E-state index contributed by atoms with van der Waals surface area (Å²) in [5.74, 6) is -0.211. The number of hydrogen-bond donors (Lipinski definition) is 1. The molecular formula is C14H13FO. The van der Waals surface area contributed by atoms with Gasteiger partial charge in [0.05, 0.1) is 6.61 Å². The van der Waals surface area contributed by atoms with Crippen molar-refractivity contribution in [2.45, 2.75) is 13.5 Å². The summed E-state index contributed by atoms with van der Waals surface area (Å²) < 4.78 is 13.7. The van der Waals surface area contributed by atoms with E-state index in [1.54, 1.807) is 18.2 Å². The van der Waals surface area contributed by atoms with Crippen LogP contribution in [0.1, 0.15) is 11.1 Å². The van der Waals surface area contributed by atoms with Crippen LogP contribution in [-0.4, -0.2) is 5.11 Å². The molecule has 0 aliphatic carbocycles. The fraction of sp³-hybridized carbons (Fsp3) is 0.143. The van der Waals surface area contributed by atoms with Crippen molar-refractivity contribution in [3.8, 4) is 11.1 Å². The van der Waals surface area contributed by atoms with Crippen LogP contribution in [0.15, 0.2) is 42.5 Å². The summed E-state index contributed by atoms with van der Waals surface area (Å²) in [6.45, 7) is 1.87. The summed E-state index contributed by atoms with van der Waals surface area (Å²) in [5.41, 5.74) is 3.16. The minimum Gasteiger partial charge on any atom is -0.392 e. The highest BCUT2D eigenvalue weighted by Gasteiger charge is 2.04. The SMILES string of the molecule is Cc1ccc(-c2ccc(CO)cc2)c(F)c1. The number of halogens is 1. The fourth-order valence-corrected chi connectivity index (χ4v) is 1.64. The molecule has 0 fully saturated rings. The average molecular weight is 216 g/mol. The van der Waals surface area contributed by atoms with Gasteiger partial charge in [-0.25, -0.2) is 4.39 Å². The molecule has 0 amide bonds. The second-order valence-electron chi connectivity index (χ2n) is 3.84. The third-order valence-electron chi connectivity index (χ3n) is 2.57. The molecule has 0 unspecified atom stereocenters. The first kappa shape index (κ1) is 10.8. The summed E-state index contributed by atoms with van der Waals surface area (Å²) >= 11 is 0. The second-order valence-corrected chi connectivity index (χ2v) is 3.84. The van der Waals surface area contributed by atoms with Crippen LogP contribution in [-0.2, 0) is 6.61 Å². The van der Waals surface area contributed by atoms with Crippen molar-refractivity contribution in [2.75, 3.05) is 0 Å². The molecule has 2 aromatic carbocycles. The third-order valence-corrected chi connectivity index (χ3v) is 2.57. The molecule has 2 heteroatoms. The van der Waals surface area contributed by atoms with Gasteiger partial charge < -0.3 is 5.11 Å². The Bertz CT molecular complexity index is 489. The third kappa shape index (κ3) is 2.12. The topological polar surface area (TPSA) is 20.2 Å². The van der Waals surface area contributed by atoms with E-state index in [-0.39, 0.29) is 12.4 Å². The average Bonchev–Trinajstić information content (AvgIpc) is 2.29. The molecule has 1 N–H and O–H groups in total. The number of hydrogen-bond acceptors (Lipinski definition) is 1. The van der Waals surface area contributed by atoms with E-state index in [1.165, 1.54) is 6.07 Å². The molecule has 16 heavy (non-hydrogen) atoms. The van der Waals surface area contributed by atoms with Crippen LogP contribution in [0.3, 0.4) is 0 Å². The van der Waals surface area contributed by atoms with E-state index >= 15 is 0 Å². The Hall–Kier alpha value is -1.67. The van der Waals surface area contributed by atoms with E-state index < -0.39 is 0 Å². The zero-order chi connectivity index (χ0) is 11.5. The smallest absolute Gasteiger partial charge is 0.131 e. The van der Waals surface area contributed by atoms with E-state index in [4.69, 9.17) is 5.11 Å². The Kier molecular flexibility index (Phi) is 3.02. The van der Waals surface area contributed by atoms with Gasteiger partial charge in [-0.15, -0.1) is 0 Å². The molecule has 82 valence electrons. The molecule has 0 saturated heterocycles. The van der Waals surface area contributed by atoms with Crippen LogP contribution < -0.4 is 0 Å². The van der Waals surface area contributed by atoms with Gasteiger partial charge in [0.15, 0.2) is 0 Å². The number of benzene rings is 2. The molecular weight excluding hydrogens is 203 g/mol. The zero-order valence-electron chi connectivity index (χ0n) is 9.07. The highest BCUT2D eigenvalue weighted by molar-refractivity contribution is 5.64. The zero-order valence-corrected chi connectivity index (χ0v) is 9.07. The molecule has 0 bridgehead atoms. The number of aryl methyl sites for hydroxylation is 1. The van der Waals surface area contributed by atoms with Gasteiger partial charge in [-0.2, -0.15) is 0 Å². The molecule has 0 heterocycles. The molecule has 2 rings (SSSR count). The predicted octanol–water partition coefficient (Wildman–Crippen LogP) is 3.29. The second kappa shape index (κ2) is 4.45. The maximum Gasteiger partial charge on any atom is 0.131 e. The van der Waals surface area contributed by atoms with Crippen molar-refractivity contribution in [1.82, 2.24) is 0 Å². The van der Waals surface area contributed by atoms with E-state index in [0.29, 0.717) is 5.56 Å². The van der Waals surface area contributed by atoms with E-state index in [9.17, 15) is 4.39 Å². The first-order valence-electron chi connectivity index (χ1n) is 5.17. The van der Waals surface area contributed by atoms with Gasteiger partial charge >= 0.3 is 0 Å². The van der Waals surface area contributed by atoms with E-state index in [1.807, 2.05) is 25.1 Å². The largest absolute Gasteiger partial charge is 0.392 e. The van der Waals surface area contributed by atoms with Crippen LogP contribution in [0.25, 0.3) is 11.1 Å². The van der Waals surface area contributed by atoms with Crippen molar-refractivity contribution < 1.29 is 9.50 Å². The van der Waals surface area contributed by atoms with Gasteiger partial charge in [0, 0.05) is 5.56 Å². The number of aliphatic hydroxyl groups is 1. The Morgan fingerprint density at radius 1 is 1.06 bits per heavy atom. The quantitative estimate of drug-likeness (QED) is 0.816.